The summed E-state index contributed by atoms with van der Waals surface area (Å²) in [5, 5.41) is 10.3. The van der Waals surface area contributed by atoms with Crippen molar-refractivity contribution in [2.75, 3.05) is 0 Å². The Labute approximate surface area is 146 Å². The molecule has 2 aromatic rings. The number of rotatable bonds is 4. The van der Waals surface area contributed by atoms with Crippen LogP contribution in [0.2, 0.25) is 0 Å². The summed E-state index contributed by atoms with van der Waals surface area (Å²) in [5.41, 5.74) is -0.215. The number of hydrogen-bond donors (Lipinski definition) is 1. The first-order valence-electron chi connectivity index (χ1n) is 8.19. The maximum Gasteiger partial charge on any atom is 0.338 e. The number of ether oxygens (including phenoxy) is 2. The first kappa shape index (κ1) is 17.2. The van der Waals surface area contributed by atoms with Crippen molar-refractivity contribution in [2.24, 2.45) is 0 Å². The molecular weight excluding hydrogens is 320 g/mol. The van der Waals surface area contributed by atoms with Crippen LogP contribution in [0.4, 0.5) is 0 Å². The Hall–Kier alpha value is -2.66. The third-order valence-corrected chi connectivity index (χ3v) is 4.23. The van der Waals surface area contributed by atoms with Gasteiger partial charge in [0, 0.05) is 12.8 Å². The second-order valence-corrected chi connectivity index (χ2v) is 6.52. The van der Waals surface area contributed by atoms with Crippen molar-refractivity contribution in [1.29, 1.82) is 0 Å². The minimum absolute atomic E-state index is 0.221. The fourth-order valence-corrected chi connectivity index (χ4v) is 3.01. The van der Waals surface area contributed by atoms with E-state index in [-0.39, 0.29) is 12.8 Å². The smallest absolute Gasteiger partial charge is 0.338 e. The van der Waals surface area contributed by atoms with Gasteiger partial charge in [-0.3, -0.25) is 0 Å². The molecule has 5 heteroatoms. The molecule has 1 N–H and O–H groups in total. The number of carbonyl (C=O) groups is 2. The van der Waals surface area contributed by atoms with Crippen molar-refractivity contribution in [1.82, 2.24) is 0 Å². The molecule has 3 rings (SSSR count). The Morgan fingerprint density at radius 2 is 1.20 bits per heavy atom. The quantitative estimate of drug-likeness (QED) is 0.866. The van der Waals surface area contributed by atoms with E-state index in [1.54, 1.807) is 55.5 Å². The topological polar surface area (TPSA) is 72.8 Å². The molecule has 0 heterocycles. The van der Waals surface area contributed by atoms with Crippen LogP contribution in [0.5, 0.6) is 0 Å². The highest BCUT2D eigenvalue weighted by atomic mass is 16.6. The maximum atomic E-state index is 12.3. The first-order chi connectivity index (χ1) is 11.9. The van der Waals surface area contributed by atoms with E-state index in [0.717, 1.165) is 0 Å². The van der Waals surface area contributed by atoms with Crippen LogP contribution in [0.3, 0.4) is 0 Å². The molecule has 0 amide bonds. The highest BCUT2D eigenvalue weighted by molar-refractivity contribution is 5.90. The van der Waals surface area contributed by atoms with Gasteiger partial charge in [0.25, 0.3) is 0 Å². The first-order valence-corrected chi connectivity index (χ1v) is 8.19. The van der Waals surface area contributed by atoms with E-state index in [9.17, 15) is 14.7 Å². The van der Waals surface area contributed by atoms with Gasteiger partial charge >= 0.3 is 11.9 Å². The number of benzene rings is 2. The summed E-state index contributed by atoms with van der Waals surface area (Å²) in [5.74, 6) is -0.992. The lowest BCUT2D eigenvalue weighted by Crippen LogP contribution is -2.30. The van der Waals surface area contributed by atoms with Crippen molar-refractivity contribution in [3.63, 3.8) is 0 Å². The summed E-state index contributed by atoms with van der Waals surface area (Å²) >= 11 is 0. The van der Waals surface area contributed by atoms with E-state index in [0.29, 0.717) is 11.1 Å². The van der Waals surface area contributed by atoms with Gasteiger partial charge in [-0.15, -0.1) is 0 Å². The molecule has 1 fully saturated rings. The molecule has 1 aliphatic rings. The Bertz CT molecular complexity index is 676. The Morgan fingerprint density at radius 3 is 1.56 bits per heavy atom. The Morgan fingerprint density at radius 1 is 0.840 bits per heavy atom. The minimum Gasteiger partial charge on any atom is -0.455 e. The van der Waals surface area contributed by atoms with E-state index >= 15 is 0 Å². The van der Waals surface area contributed by atoms with Crippen LogP contribution in [0, 0.1) is 0 Å². The highest BCUT2D eigenvalue weighted by Crippen LogP contribution is 2.34. The Kier molecular flexibility index (Phi) is 4.86. The lowest BCUT2D eigenvalue weighted by atomic mass is 10.1. The predicted molar refractivity (Wildman–Crippen MR) is 91.1 cm³/mol. The molecule has 0 saturated heterocycles. The number of carbonyl (C=O) groups excluding carboxylic acids is 2. The van der Waals surface area contributed by atoms with Crippen LogP contribution in [-0.4, -0.2) is 34.9 Å². The van der Waals surface area contributed by atoms with Crippen LogP contribution in [0.25, 0.3) is 0 Å². The number of aliphatic hydroxyl groups is 1. The normalized spacial score (nSPS) is 25.4. The second kappa shape index (κ2) is 7.07. The molecule has 0 spiro atoms. The summed E-state index contributed by atoms with van der Waals surface area (Å²) in [6, 6.07) is 17.2. The molecule has 0 bridgehead atoms. The Balaban J connectivity index is 1.70. The van der Waals surface area contributed by atoms with Crippen molar-refractivity contribution in [3.8, 4) is 0 Å². The SMILES string of the molecule is CC1(O)CC(OC(=O)c2ccccc2)C(OC(=O)c2ccccc2)C1. The van der Waals surface area contributed by atoms with Gasteiger partial charge in [-0.05, 0) is 31.2 Å². The molecule has 2 atom stereocenters. The minimum atomic E-state index is -1.05. The van der Waals surface area contributed by atoms with Crippen molar-refractivity contribution in [3.05, 3.63) is 71.8 Å². The van der Waals surface area contributed by atoms with Gasteiger partial charge in [-0.2, -0.15) is 0 Å². The zero-order chi connectivity index (χ0) is 17.9. The number of esters is 2. The van der Waals surface area contributed by atoms with Crippen molar-refractivity contribution >= 4 is 11.9 Å². The van der Waals surface area contributed by atoms with E-state index in [4.69, 9.17) is 9.47 Å². The zero-order valence-electron chi connectivity index (χ0n) is 13.9. The summed E-state index contributed by atoms with van der Waals surface area (Å²) < 4.78 is 11.0. The third-order valence-electron chi connectivity index (χ3n) is 4.23. The zero-order valence-corrected chi connectivity index (χ0v) is 13.9. The van der Waals surface area contributed by atoms with Crippen LogP contribution >= 0.6 is 0 Å². The molecule has 0 radical (unpaired) electrons. The summed E-state index contributed by atoms with van der Waals surface area (Å²) in [6.45, 7) is 1.65. The second-order valence-electron chi connectivity index (χ2n) is 6.52. The van der Waals surface area contributed by atoms with Gasteiger partial charge in [-0.25, -0.2) is 9.59 Å². The molecular formula is C20H20O5. The van der Waals surface area contributed by atoms with Crippen LogP contribution in [0.15, 0.2) is 60.7 Å². The summed E-state index contributed by atoms with van der Waals surface area (Å²) in [7, 11) is 0. The number of hydrogen-bond acceptors (Lipinski definition) is 5. The van der Waals surface area contributed by atoms with Crippen LogP contribution in [0.1, 0.15) is 40.5 Å². The van der Waals surface area contributed by atoms with Crippen LogP contribution in [-0.2, 0) is 9.47 Å². The highest BCUT2D eigenvalue weighted by Gasteiger charge is 2.45. The fourth-order valence-electron chi connectivity index (χ4n) is 3.01. The van der Waals surface area contributed by atoms with E-state index in [2.05, 4.69) is 0 Å². The monoisotopic (exact) mass is 340 g/mol. The molecule has 2 unspecified atom stereocenters. The molecule has 0 aromatic heterocycles. The van der Waals surface area contributed by atoms with Gasteiger partial charge < -0.3 is 14.6 Å². The summed E-state index contributed by atoms with van der Waals surface area (Å²) in [6.07, 6.45) is -0.929. The fraction of sp³-hybridized carbons (Fsp3) is 0.300. The van der Waals surface area contributed by atoms with E-state index in [1.807, 2.05) is 12.1 Å². The van der Waals surface area contributed by atoms with E-state index in [1.165, 1.54) is 0 Å². The molecule has 2 aromatic carbocycles. The lowest BCUT2D eigenvalue weighted by molar-refractivity contribution is -0.0239. The molecule has 5 nitrogen and oxygen atoms in total. The predicted octanol–water partition coefficient (Wildman–Crippen LogP) is 2.98. The molecule has 1 aliphatic carbocycles. The maximum absolute atomic E-state index is 12.3. The largest absolute Gasteiger partial charge is 0.455 e. The molecule has 0 aliphatic heterocycles. The average molecular weight is 340 g/mol. The van der Waals surface area contributed by atoms with Crippen molar-refractivity contribution in [2.45, 2.75) is 37.6 Å². The molecule has 130 valence electrons. The molecule has 25 heavy (non-hydrogen) atoms. The average Bonchev–Trinajstić information content (AvgIpc) is 2.89. The third kappa shape index (κ3) is 4.25. The van der Waals surface area contributed by atoms with Gasteiger partial charge in [0.1, 0.15) is 12.2 Å². The molecule has 1 saturated carbocycles. The summed E-state index contributed by atoms with van der Waals surface area (Å²) in [4.78, 5) is 24.5. The lowest BCUT2D eigenvalue weighted by Gasteiger charge is -2.20. The van der Waals surface area contributed by atoms with Crippen LogP contribution < -0.4 is 0 Å². The van der Waals surface area contributed by atoms with Gasteiger partial charge in [0.2, 0.25) is 0 Å². The van der Waals surface area contributed by atoms with Gasteiger partial charge in [-0.1, -0.05) is 36.4 Å². The standard InChI is InChI=1S/C20H20O5/c1-20(23)12-16(24-18(21)14-8-4-2-5-9-14)17(13-20)25-19(22)15-10-6-3-7-11-15/h2-11,16-17,23H,12-13H2,1H3. The van der Waals surface area contributed by atoms with Gasteiger partial charge in [0.05, 0.1) is 16.7 Å². The van der Waals surface area contributed by atoms with Gasteiger partial charge in [0.15, 0.2) is 0 Å². The van der Waals surface area contributed by atoms with Crippen molar-refractivity contribution < 1.29 is 24.2 Å². The van der Waals surface area contributed by atoms with E-state index < -0.39 is 29.7 Å².